The molecule has 0 saturated heterocycles. The Kier molecular flexibility index (Phi) is 4.35. The molecule has 0 aromatic heterocycles. The largest absolute Gasteiger partial charge is 0.271 e. The predicted molar refractivity (Wildman–Crippen MR) is 78.4 cm³/mol. The lowest BCUT2D eigenvalue weighted by molar-refractivity contribution is 0.0954. The van der Waals surface area contributed by atoms with E-state index in [-0.39, 0.29) is 5.91 Å². The topological polar surface area (TPSA) is 41.5 Å². The van der Waals surface area contributed by atoms with E-state index < -0.39 is 0 Å². The van der Waals surface area contributed by atoms with Crippen molar-refractivity contribution >= 4 is 11.6 Å². The highest BCUT2D eigenvalue weighted by Crippen LogP contribution is 2.21. The van der Waals surface area contributed by atoms with Crippen molar-refractivity contribution in [3.8, 4) is 0 Å². The molecular formula is C16H22N2O. The third-order valence-corrected chi connectivity index (χ3v) is 3.69. The normalized spacial score (nSPS) is 21.4. The summed E-state index contributed by atoms with van der Waals surface area (Å²) >= 11 is 0. The summed E-state index contributed by atoms with van der Waals surface area (Å²) in [5, 5.41) is 4.29. The molecule has 0 bridgehead atoms. The number of hydrogen-bond donors (Lipinski definition) is 1. The van der Waals surface area contributed by atoms with Gasteiger partial charge in [-0.15, -0.1) is 0 Å². The summed E-state index contributed by atoms with van der Waals surface area (Å²) in [6, 6.07) is 5.84. The maximum atomic E-state index is 12.1. The molecule has 1 aliphatic carbocycles. The third kappa shape index (κ3) is 3.66. The Bertz CT molecular complexity index is 505. The molecule has 1 saturated carbocycles. The second kappa shape index (κ2) is 6.00. The second-order valence-corrected chi connectivity index (χ2v) is 5.64. The van der Waals surface area contributed by atoms with Gasteiger partial charge in [-0.2, -0.15) is 5.10 Å². The molecule has 0 heterocycles. The molecule has 3 heteroatoms. The van der Waals surface area contributed by atoms with Crippen LogP contribution in [0.2, 0.25) is 0 Å². The minimum Gasteiger partial charge on any atom is -0.267 e. The fraction of sp³-hybridized carbons (Fsp3) is 0.500. The molecule has 0 radical (unpaired) electrons. The first-order chi connectivity index (χ1) is 9.06. The lowest BCUT2D eigenvalue weighted by Crippen LogP contribution is -2.22. The highest BCUT2D eigenvalue weighted by molar-refractivity contribution is 5.96. The van der Waals surface area contributed by atoms with Crippen molar-refractivity contribution in [3.63, 3.8) is 0 Å². The van der Waals surface area contributed by atoms with Gasteiger partial charge in [-0.1, -0.05) is 24.6 Å². The van der Waals surface area contributed by atoms with Crippen molar-refractivity contribution in [3.05, 3.63) is 34.9 Å². The fourth-order valence-corrected chi connectivity index (χ4v) is 2.62. The SMILES string of the molecule is Cc1ccc(C(=O)NN=C2CCCC(C)C2)c(C)c1. The summed E-state index contributed by atoms with van der Waals surface area (Å²) in [6.07, 6.45) is 4.47. The van der Waals surface area contributed by atoms with Crippen LogP contribution in [-0.4, -0.2) is 11.6 Å². The standard InChI is InChI=1S/C16H22N2O/c1-11-5-4-6-14(10-11)17-18-16(19)15-8-7-12(2)9-13(15)3/h7-9,11H,4-6,10H2,1-3H3,(H,18,19). The van der Waals surface area contributed by atoms with Crippen LogP contribution in [0.25, 0.3) is 0 Å². The Morgan fingerprint density at radius 1 is 1.37 bits per heavy atom. The van der Waals surface area contributed by atoms with E-state index in [0.717, 1.165) is 24.1 Å². The number of carbonyl (C=O) groups excluding carboxylic acids is 1. The maximum absolute atomic E-state index is 12.1. The molecule has 102 valence electrons. The van der Waals surface area contributed by atoms with E-state index in [1.807, 2.05) is 32.0 Å². The van der Waals surface area contributed by atoms with Crippen LogP contribution in [0.5, 0.6) is 0 Å². The van der Waals surface area contributed by atoms with Crippen LogP contribution < -0.4 is 5.43 Å². The number of aryl methyl sites for hydroxylation is 2. The Labute approximate surface area is 115 Å². The van der Waals surface area contributed by atoms with E-state index in [4.69, 9.17) is 0 Å². The zero-order chi connectivity index (χ0) is 13.8. The van der Waals surface area contributed by atoms with E-state index >= 15 is 0 Å². The van der Waals surface area contributed by atoms with Crippen LogP contribution in [0.4, 0.5) is 0 Å². The van der Waals surface area contributed by atoms with Gasteiger partial charge in [-0.05, 0) is 57.1 Å². The molecule has 3 nitrogen and oxygen atoms in total. The van der Waals surface area contributed by atoms with Gasteiger partial charge in [0.2, 0.25) is 0 Å². The predicted octanol–water partition coefficient (Wildman–Crippen LogP) is 3.60. The summed E-state index contributed by atoms with van der Waals surface area (Å²) in [7, 11) is 0. The molecule has 0 spiro atoms. The van der Waals surface area contributed by atoms with Crippen molar-refractivity contribution in [2.45, 2.75) is 46.5 Å². The lowest BCUT2D eigenvalue weighted by Gasteiger charge is -2.19. The molecule has 0 aliphatic heterocycles. The molecule has 1 aliphatic rings. The van der Waals surface area contributed by atoms with Crippen LogP contribution in [0.15, 0.2) is 23.3 Å². The summed E-state index contributed by atoms with van der Waals surface area (Å²) < 4.78 is 0. The molecule has 1 aromatic rings. The molecule has 1 aromatic carbocycles. The monoisotopic (exact) mass is 258 g/mol. The van der Waals surface area contributed by atoms with Gasteiger partial charge in [-0.3, -0.25) is 4.79 Å². The number of carbonyl (C=O) groups is 1. The summed E-state index contributed by atoms with van der Waals surface area (Å²) in [5.74, 6) is 0.578. The van der Waals surface area contributed by atoms with E-state index in [2.05, 4.69) is 17.5 Å². The van der Waals surface area contributed by atoms with E-state index in [1.54, 1.807) is 0 Å². The third-order valence-electron chi connectivity index (χ3n) is 3.69. The number of hydrogen-bond acceptors (Lipinski definition) is 2. The first kappa shape index (κ1) is 13.8. The van der Waals surface area contributed by atoms with Crippen molar-refractivity contribution in [1.29, 1.82) is 0 Å². The van der Waals surface area contributed by atoms with E-state index in [1.165, 1.54) is 18.4 Å². The number of benzene rings is 1. The summed E-state index contributed by atoms with van der Waals surface area (Å²) in [6.45, 7) is 6.22. The Morgan fingerprint density at radius 2 is 2.16 bits per heavy atom. The second-order valence-electron chi connectivity index (χ2n) is 5.64. The van der Waals surface area contributed by atoms with Crippen LogP contribution in [0, 0.1) is 19.8 Å². The fourth-order valence-electron chi connectivity index (χ4n) is 2.62. The molecule has 1 amide bonds. The molecule has 1 atom stereocenters. The van der Waals surface area contributed by atoms with Crippen molar-refractivity contribution in [2.75, 3.05) is 0 Å². The lowest BCUT2D eigenvalue weighted by atomic mass is 9.89. The van der Waals surface area contributed by atoms with Gasteiger partial charge in [0.05, 0.1) is 0 Å². The van der Waals surface area contributed by atoms with Gasteiger partial charge in [0.1, 0.15) is 0 Å². The van der Waals surface area contributed by atoms with E-state index in [0.29, 0.717) is 11.5 Å². The average Bonchev–Trinajstić information content (AvgIpc) is 2.36. The summed E-state index contributed by atoms with van der Waals surface area (Å²) in [5.41, 5.74) is 6.69. The van der Waals surface area contributed by atoms with Gasteiger partial charge >= 0.3 is 0 Å². The maximum Gasteiger partial charge on any atom is 0.271 e. The average molecular weight is 258 g/mol. The number of nitrogens with zero attached hydrogens (tertiary/aromatic N) is 1. The number of rotatable bonds is 2. The minimum atomic E-state index is -0.108. The van der Waals surface area contributed by atoms with Gasteiger partial charge in [0, 0.05) is 11.3 Å². The Morgan fingerprint density at radius 3 is 2.84 bits per heavy atom. The minimum absolute atomic E-state index is 0.108. The first-order valence-corrected chi connectivity index (χ1v) is 6.99. The Hall–Kier alpha value is -1.64. The highest BCUT2D eigenvalue weighted by atomic mass is 16.2. The Balaban J connectivity index is 2.03. The van der Waals surface area contributed by atoms with Crippen molar-refractivity contribution in [2.24, 2.45) is 11.0 Å². The van der Waals surface area contributed by atoms with Crippen LogP contribution in [0.3, 0.4) is 0 Å². The molecule has 1 unspecified atom stereocenters. The van der Waals surface area contributed by atoms with Gasteiger partial charge < -0.3 is 0 Å². The van der Waals surface area contributed by atoms with Crippen molar-refractivity contribution in [1.82, 2.24) is 5.43 Å². The summed E-state index contributed by atoms with van der Waals surface area (Å²) in [4.78, 5) is 12.1. The van der Waals surface area contributed by atoms with Crippen LogP contribution >= 0.6 is 0 Å². The van der Waals surface area contributed by atoms with Gasteiger partial charge in [-0.25, -0.2) is 5.43 Å². The molecule has 1 N–H and O–H groups in total. The van der Waals surface area contributed by atoms with Crippen LogP contribution in [-0.2, 0) is 0 Å². The smallest absolute Gasteiger partial charge is 0.267 e. The number of hydrazone groups is 1. The number of amides is 1. The zero-order valence-electron chi connectivity index (χ0n) is 12.0. The molecular weight excluding hydrogens is 236 g/mol. The van der Waals surface area contributed by atoms with Crippen LogP contribution in [0.1, 0.15) is 54.1 Å². The molecule has 1 fully saturated rings. The van der Waals surface area contributed by atoms with Gasteiger partial charge in [0.25, 0.3) is 5.91 Å². The van der Waals surface area contributed by atoms with E-state index in [9.17, 15) is 4.79 Å². The van der Waals surface area contributed by atoms with Crippen molar-refractivity contribution < 1.29 is 4.79 Å². The highest BCUT2D eigenvalue weighted by Gasteiger charge is 2.15. The number of nitrogens with one attached hydrogen (secondary N) is 1. The quantitative estimate of drug-likeness (QED) is 0.809. The van der Waals surface area contributed by atoms with Gasteiger partial charge in [0.15, 0.2) is 0 Å². The zero-order valence-corrected chi connectivity index (χ0v) is 12.0. The first-order valence-electron chi connectivity index (χ1n) is 6.99. The molecule has 19 heavy (non-hydrogen) atoms. The molecule has 2 rings (SSSR count).